The van der Waals surface area contributed by atoms with E-state index in [1.165, 1.54) is 61.9 Å². The molecule has 0 radical (unpaired) electrons. The molecule has 5 nitrogen and oxygen atoms in total. The van der Waals surface area contributed by atoms with Crippen molar-refractivity contribution in [3.05, 3.63) is 34.9 Å². The monoisotopic (exact) mass is 464 g/mol. The number of aliphatic hydroxyl groups is 1. The summed E-state index contributed by atoms with van der Waals surface area (Å²) in [5.41, 5.74) is 4.48. The highest BCUT2D eigenvalue weighted by Gasteiger charge is 2.20. The molecule has 182 valence electrons. The van der Waals surface area contributed by atoms with E-state index >= 15 is 0 Å². The van der Waals surface area contributed by atoms with Crippen molar-refractivity contribution in [2.75, 3.05) is 39.5 Å². The fraction of sp³-hybridized carbons (Fsp3) is 0.731. The predicted molar refractivity (Wildman–Crippen MR) is 135 cm³/mol. The summed E-state index contributed by atoms with van der Waals surface area (Å²) >= 11 is 1.85. The number of piperidine rings is 1. The molecule has 2 heterocycles. The Hall–Kier alpha value is -1.08. The molecule has 1 saturated heterocycles. The van der Waals surface area contributed by atoms with Crippen LogP contribution in [0.4, 0.5) is 0 Å². The van der Waals surface area contributed by atoms with Crippen LogP contribution >= 0.6 is 11.9 Å². The van der Waals surface area contributed by atoms with Gasteiger partial charge in [-0.15, -0.1) is 0 Å². The topological polar surface area (TPSA) is 53.0 Å². The first kappa shape index (κ1) is 27.2. The third-order valence-corrected chi connectivity index (χ3v) is 7.57. The van der Waals surface area contributed by atoms with E-state index in [0.717, 1.165) is 31.8 Å². The largest absolute Gasteiger partial charge is 0.465 e. The maximum Gasteiger partial charge on any atom is 0.293 e. The number of benzene rings is 1. The minimum absolute atomic E-state index is 0.0301. The fourth-order valence-corrected chi connectivity index (χ4v) is 5.25. The Balaban J connectivity index is 0.000000534. The smallest absolute Gasteiger partial charge is 0.293 e. The van der Waals surface area contributed by atoms with Crippen LogP contribution in [0.2, 0.25) is 0 Å². The molecule has 1 aromatic rings. The molecule has 1 aromatic carbocycles. The molecule has 1 N–H and O–H groups in total. The molecule has 2 aliphatic heterocycles. The van der Waals surface area contributed by atoms with Gasteiger partial charge in [0.25, 0.3) is 6.47 Å². The lowest BCUT2D eigenvalue weighted by Gasteiger charge is -2.29. The molecule has 6 heteroatoms. The van der Waals surface area contributed by atoms with E-state index in [0.29, 0.717) is 19.0 Å². The van der Waals surface area contributed by atoms with Gasteiger partial charge in [0.2, 0.25) is 0 Å². The van der Waals surface area contributed by atoms with Gasteiger partial charge >= 0.3 is 0 Å². The molecule has 0 spiro atoms. The van der Waals surface area contributed by atoms with Crippen molar-refractivity contribution in [2.45, 2.75) is 77.4 Å². The van der Waals surface area contributed by atoms with Gasteiger partial charge in [-0.2, -0.15) is 0 Å². The number of likely N-dealkylation sites (tertiary alicyclic amines) is 1. The number of hydrogen-bond donors (Lipinski definition) is 1. The summed E-state index contributed by atoms with van der Waals surface area (Å²) in [6.07, 6.45) is 10.9. The SMILES string of the molecule is CC(C)OC=O.CSN1CCc2cc(C(CCO)CCCC3CCN(C)CC3)ccc2C1. The summed E-state index contributed by atoms with van der Waals surface area (Å²) in [5, 5.41) is 9.57. The summed E-state index contributed by atoms with van der Waals surface area (Å²) < 4.78 is 6.80. The van der Waals surface area contributed by atoms with Crippen LogP contribution in [-0.4, -0.2) is 66.4 Å². The average Bonchev–Trinajstić information content (AvgIpc) is 2.79. The van der Waals surface area contributed by atoms with Gasteiger partial charge in [0.1, 0.15) is 0 Å². The van der Waals surface area contributed by atoms with E-state index in [4.69, 9.17) is 0 Å². The third-order valence-electron chi connectivity index (χ3n) is 6.75. The number of rotatable bonds is 10. The Morgan fingerprint density at radius 2 is 1.94 bits per heavy atom. The number of carbonyl (C=O) groups is 1. The number of carbonyl (C=O) groups excluding carboxylic acids is 1. The molecule has 0 amide bonds. The molecule has 1 unspecified atom stereocenters. The standard InChI is InChI=1S/C22H36N2OS.C4H8O2/c1-23-12-8-18(9-13-23)4-3-5-19(11-15-25)20-6-7-22-17-24(26-2)14-10-21(22)16-20;1-4(2)6-3-5/h6-7,16,18-19,25H,3-5,8-15,17H2,1-2H3;3-4H,1-2H3. The van der Waals surface area contributed by atoms with Crippen molar-refractivity contribution in [3.8, 4) is 0 Å². The quantitative estimate of drug-likeness (QED) is 0.394. The van der Waals surface area contributed by atoms with Crippen molar-refractivity contribution < 1.29 is 14.6 Å². The van der Waals surface area contributed by atoms with Crippen LogP contribution in [-0.2, 0) is 22.5 Å². The Morgan fingerprint density at radius 3 is 2.53 bits per heavy atom. The third kappa shape index (κ3) is 9.42. The van der Waals surface area contributed by atoms with Gasteiger partial charge in [-0.3, -0.25) is 4.79 Å². The van der Waals surface area contributed by atoms with Crippen LogP contribution in [0, 0.1) is 5.92 Å². The first-order chi connectivity index (χ1) is 15.5. The Kier molecular flexibility index (Phi) is 12.7. The van der Waals surface area contributed by atoms with Crippen molar-refractivity contribution in [3.63, 3.8) is 0 Å². The molecule has 0 aromatic heterocycles. The Morgan fingerprint density at radius 1 is 1.19 bits per heavy atom. The van der Waals surface area contributed by atoms with Crippen LogP contribution in [0.3, 0.4) is 0 Å². The molecule has 1 atom stereocenters. The van der Waals surface area contributed by atoms with E-state index in [-0.39, 0.29) is 6.10 Å². The zero-order valence-corrected chi connectivity index (χ0v) is 21.4. The van der Waals surface area contributed by atoms with Gasteiger partial charge in [0.15, 0.2) is 0 Å². The molecule has 0 aliphatic carbocycles. The number of nitrogens with zero attached hydrogens (tertiary/aromatic N) is 2. The van der Waals surface area contributed by atoms with Crippen molar-refractivity contribution in [1.82, 2.24) is 9.21 Å². The Bertz CT molecular complexity index is 662. The molecule has 3 rings (SSSR count). The highest BCUT2D eigenvalue weighted by atomic mass is 32.2. The van der Waals surface area contributed by atoms with Crippen LogP contribution in [0.5, 0.6) is 0 Å². The molecule has 2 aliphatic rings. The minimum Gasteiger partial charge on any atom is -0.465 e. The lowest BCUT2D eigenvalue weighted by atomic mass is 9.85. The maximum atomic E-state index is 9.57. The fourth-order valence-electron chi connectivity index (χ4n) is 4.71. The Labute approximate surface area is 200 Å². The molecule has 1 fully saturated rings. The molecule has 0 bridgehead atoms. The summed E-state index contributed by atoms with van der Waals surface area (Å²) in [5.74, 6) is 1.44. The molecular formula is C26H44N2O3S. The van der Waals surface area contributed by atoms with Crippen molar-refractivity contribution in [2.24, 2.45) is 5.92 Å². The zero-order valence-electron chi connectivity index (χ0n) is 20.6. The lowest BCUT2D eigenvalue weighted by molar-refractivity contribution is -0.131. The maximum absolute atomic E-state index is 9.57. The number of aliphatic hydroxyl groups excluding tert-OH is 1. The molecular weight excluding hydrogens is 420 g/mol. The van der Waals surface area contributed by atoms with Crippen LogP contribution in [0.15, 0.2) is 18.2 Å². The van der Waals surface area contributed by atoms with E-state index in [2.05, 4.69) is 45.4 Å². The van der Waals surface area contributed by atoms with Gasteiger partial charge in [0.05, 0.1) is 6.10 Å². The van der Waals surface area contributed by atoms with Gasteiger partial charge < -0.3 is 14.7 Å². The normalized spacial score (nSPS) is 18.6. The second kappa shape index (κ2) is 14.9. The molecule has 32 heavy (non-hydrogen) atoms. The highest BCUT2D eigenvalue weighted by Crippen LogP contribution is 2.32. The van der Waals surface area contributed by atoms with Crippen molar-refractivity contribution in [1.29, 1.82) is 0 Å². The van der Waals surface area contributed by atoms with Gasteiger partial charge in [0, 0.05) is 19.7 Å². The van der Waals surface area contributed by atoms with E-state index in [1.807, 2.05) is 11.9 Å². The van der Waals surface area contributed by atoms with Crippen molar-refractivity contribution >= 4 is 18.4 Å². The number of hydrogen-bond acceptors (Lipinski definition) is 6. The lowest BCUT2D eigenvalue weighted by Crippen LogP contribution is -2.30. The summed E-state index contributed by atoms with van der Waals surface area (Å²) in [6.45, 7) is 9.10. The minimum atomic E-state index is 0.0301. The first-order valence-electron chi connectivity index (χ1n) is 12.3. The first-order valence-corrected chi connectivity index (χ1v) is 13.4. The predicted octanol–water partition coefficient (Wildman–Crippen LogP) is 4.87. The average molecular weight is 465 g/mol. The van der Waals surface area contributed by atoms with Gasteiger partial charge in [-0.1, -0.05) is 43.0 Å². The number of ether oxygens (including phenoxy) is 1. The molecule has 0 saturated carbocycles. The summed E-state index contributed by atoms with van der Waals surface area (Å²) in [4.78, 5) is 11.8. The highest BCUT2D eigenvalue weighted by molar-refractivity contribution is 7.96. The summed E-state index contributed by atoms with van der Waals surface area (Å²) in [6, 6.07) is 7.12. The van der Waals surface area contributed by atoms with E-state index in [1.54, 1.807) is 13.8 Å². The van der Waals surface area contributed by atoms with Crippen LogP contribution in [0.25, 0.3) is 0 Å². The zero-order chi connectivity index (χ0) is 23.3. The van der Waals surface area contributed by atoms with Crippen LogP contribution in [0.1, 0.15) is 75.0 Å². The number of fused-ring (bicyclic) bond motifs is 1. The van der Waals surface area contributed by atoms with E-state index in [9.17, 15) is 9.90 Å². The summed E-state index contributed by atoms with van der Waals surface area (Å²) in [7, 11) is 2.24. The van der Waals surface area contributed by atoms with Gasteiger partial charge in [-0.05, 0) is 101 Å². The second-order valence-corrected chi connectivity index (χ2v) is 10.4. The van der Waals surface area contributed by atoms with E-state index < -0.39 is 0 Å². The second-order valence-electron chi connectivity index (χ2n) is 9.49. The van der Waals surface area contributed by atoms with Gasteiger partial charge in [-0.25, -0.2) is 4.31 Å². The van der Waals surface area contributed by atoms with Crippen LogP contribution < -0.4 is 0 Å².